The first kappa shape index (κ1) is 20.6. The number of carbonyl (C=O) groups excluding carboxylic acids is 1. The van der Waals surface area contributed by atoms with Gasteiger partial charge in [-0.15, -0.1) is 10.2 Å². The first-order valence-electron chi connectivity index (χ1n) is 8.80. The number of ether oxygens (including phenoxy) is 1. The molecule has 28 heavy (non-hydrogen) atoms. The van der Waals surface area contributed by atoms with Crippen molar-refractivity contribution in [3.8, 4) is 17.2 Å². The molecule has 152 valence electrons. The molecule has 1 amide bonds. The molecule has 9 nitrogen and oxygen atoms in total. The van der Waals surface area contributed by atoms with Gasteiger partial charge in [0.25, 0.3) is 11.1 Å². The van der Waals surface area contributed by atoms with Crippen LogP contribution >= 0.6 is 11.8 Å². The number of amides is 1. The lowest BCUT2D eigenvalue weighted by atomic mass is 10.2. The summed E-state index contributed by atoms with van der Waals surface area (Å²) < 4.78 is 35.7. The average molecular weight is 427 g/mol. The molecule has 0 N–H and O–H groups in total. The summed E-state index contributed by atoms with van der Waals surface area (Å²) in [5.41, 5.74) is 0.701. The van der Waals surface area contributed by atoms with Gasteiger partial charge < -0.3 is 14.1 Å². The molecular weight excluding hydrogens is 404 g/mol. The van der Waals surface area contributed by atoms with E-state index in [9.17, 15) is 13.2 Å². The Kier molecular flexibility index (Phi) is 6.57. The Labute approximate surface area is 168 Å². The summed E-state index contributed by atoms with van der Waals surface area (Å²) in [7, 11) is -3.22. The molecule has 1 aliphatic heterocycles. The fourth-order valence-electron chi connectivity index (χ4n) is 2.79. The number of carbonyl (C=O) groups is 1. The molecule has 1 fully saturated rings. The van der Waals surface area contributed by atoms with Crippen molar-refractivity contribution in [2.45, 2.75) is 12.1 Å². The fraction of sp³-hybridized carbons (Fsp3) is 0.471. The van der Waals surface area contributed by atoms with Crippen molar-refractivity contribution in [3.63, 3.8) is 0 Å². The van der Waals surface area contributed by atoms with Crippen molar-refractivity contribution in [1.29, 1.82) is 0 Å². The zero-order valence-electron chi connectivity index (χ0n) is 15.7. The van der Waals surface area contributed by atoms with Gasteiger partial charge in [-0.25, -0.2) is 8.42 Å². The van der Waals surface area contributed by atoms with Gasteiger partial charge in [-0.1, -0.05) is 23.9 Å². The highest BCUT2D eigenvalue weighted by molar-refractivity contribution is 7.99. The molecule has 0 spiro atoms. The Morgan fingerprint density at radius 3 is 2.61 bits per heavy atom. The Morgan fingerprint density at radius 1 is 1.21 bits per heavy atom. The quantitative estimate of drug-likeness (QED) is 0.611. The lowest BCUT2D eigenvalue weighted by Gasteiger charge is -2.33. The van der Waals surface area contributed by atoms with Crippen LogP contribution in [0.1, 0.15) is 6.92 Å². The van der Waals surface area contributed by atoms with Crippen molar-refractivity contribution in [2.24, 2.45) is 0 Å². The summed E-state index contributed by atoms with van der Waals surface area (Å²) >= 11 is 1.16. The Balaban J connectivity index is 1.56. The number of hydrogen-bond donors (Lipinski definition) is 0. The van der Waals surface area contributed by atoms with E-state index in [2.05, 4.69) is 10.2 Å². The molecule has 0 bridgehead atoms. The van der Waals surface area contributed by atoms with Crippen molar-refractivity contribution >= 4 is 27.7 Å². The largest absolute Gasteiger partial charge is 0.493 e. The number of hydrogen-bond acceptors (Lipinski definition) is 8. The molecule has 1 aliphatic rings. The number of sulfonamides is 1. The van der Waals surface area contributed by atoms with E-state index in [1.54, 1.807) is 4.90 Å². The standard InChI is InChI=1S/C17H22N4O5S2/c1-3-25-14-7-5-4-6-13(14)16-18-19-17(26-16)27-12-15(22)20-8-10-21(11-9-20)28(2,23)24/h4-7H,3,8-12H2,1-2H3. The molecule has 1 aromatic carbocycles. The maximum absolute atomic E-state index is 12.4. The monoisotopic (exact) mass is 426 g/mol. The predicted octanol–water partition coefficient (Wildman–Crippen LogP) is 1.33. The number of rotatable bonds is 7. The first-order valence-corrected chi connectivity index (χ1v) is 11.6. The molecule has 3 rings (SSSR count). The normalized spacial score (nSPS) is 15.6. The highest BCUT2D eigenvalue weighted by Crippen LogP contribution is 2.30. The van der Waals surface area contributed by atoms with Gasteiger partial charge in [0.2, 0.25) is 15.9 Å². The van der Waals surface area contributed by atoms with Crippen molar-refractivity contribution in [2.75, 3.05) is 44.8 Å². The Hall–Kier alpha value is -2.11. The van der Waals surface area contributed by atoms with Crippen LogP contribution in [0.3, 0.4) is 0 Å². The number of nitrogens with zero attached hydrogens (tertiary/aromatic N) is 4. The minimum Gasteiger partial charge on any atom is -0.493 e. The maximum Gasteiger partial charge on any atom is 0.277 e. The molecule has 2 heterocycles. The third-order valence-electron chi connectivity index (χ3n) is 4.20. The second-order valence-corrected chi connectivity index (χ2v) is 9.04. The van der Waals surface area contributed by atoms with Crippen LogP contribution in [0.2, 0.25) is 0 Å². The average Bonchev–Trinajstić information content (AvgIpc) is 3.15. The lowest BCUT2D eigenvalue weighted by Crippen LogP contribution is -2.50. The number of piperazine rings is 1. The van der Waals surface area contributed by atoms with Crippen LogP contribution in [0, 0.1) is 0 Å². The topological polar surface area (TPSA) is 106 Å². The fourth-order valence-corrected chi connectivity index (χ4v) is 4.28. The first-order chi connectivity index (χ1) is 13.4. The molecule has 0 unspecified atom stereocenters. The molecule has 2 aromatic rings. The van der Waals surface area contributed by atoms with Gasteiger partial charge in [0, 0.05) is 26.2 Å². The van der Waals surface area contributed by atoms with E-state index in [1.165, 1.54) is 10.6 Å². The molecule has 1 saturated heterocycles. The van der Waals surface area contributed by atoms with Crippen LogP contribution in [0.5, 0.6) is 5.75 Å². The number of aromatic nitrogens is 2. The molecule has 0 atom stereocenters. The summed E-state index contributed by atoms with van der Waals surface area (Å²) in [6.07, 6.45) is 1.18. The van der Waals surface area contributed by atoms with Gasteiger partial charge in [-0.3, -0.25) is 4.79 Å². The zero-order valence-corrected chi connectivity index (χ0v) is 17.3. The second kappa shape index (κ2) is 8.93. The van der Waals surface area contributed by atoms with Gasteiger partial charge >= 0.3 is 0 Å². The summed E-state index contributed by atoms with van der Waals surface area (Å²) in [6.45, 7) is 3.80. The van der Waals surface area contributed by atoms with E-state index < -0.39 is 10.0 Å². The predicted molar refractivity (Wildman–Crippen MR) is 105 cm³/mol. The minimum atomic E-state index is -3.22. The van der Waals surface area contributed by atoms with Crippen molar-refractivity contribution < 1.29 is 22.4 Å². The molecular formula is C17H22N4O5S2. The molecule has 11 heteroatoms. The summed E-state index contributed by atoms with van der Waals surface area (Å²) in [4.78, 5) is 14.0. The molecule has 1 aromatic heterocycles. The second-order valence-electron chi connectivity index (χ2n) is 6.13. The molecule has 0 saturated carbocycles. The third-order valence-corrected chi connectivity index (χ3v) is 6.31. The van der Waals surface area contributed by atoms with Crippen molar-refractivity contribution in [1.82, 2.24) is 19.4 Å². The summed E-state index contributed by atoms with van der Waals surface area (Å²) in [5.74, 6) is 1.05. The van der Waals surface area contributed by atoms with Gasteiger partial charge in [0.05, 0.1) is 24.2 Å². The smallest absolute Gasteiger partial charge is 0.277 e. The summed E-state index contributed by atoms with van der Waals surface area (Å²) in [5, 5.41) is 8.32. The maximum atomic E-state index is 12.4. The van der Waals surface area contributed by atoms with Crippen LogP contribution in [0.4, 0.5) is 0 Å². The lowest BCUT2D eigenvalue weighted by molar-refractivity contribution is -0.129. The highest BCUT2D eigenvalue weighted by Gasteiger charge is 2.26. The summed E-state index contributed by atoms with van der Waals surface area (Å²) in [6, 6.07) is 7.38. The number of benzene rings is 1. The van der Waals surface area contributed by atoms with Crippen LogP contribution in [0.15, 0.2) is 33.9 Å². The molecule has 0 aliphatic carbocycles. The zero-order chi connectivity index (χ0) is 20.1. The minimum absolute atomic E-state index is 0.0902. The van der Waals surface area contributed by atoms with E-state index in [0.717, 1.165) is 11.8 Å². The molecule has 0 radical (unpaired) electrons. The van der Waals surface area contributed by atoms with Gasteiger partial charge in [0.15, 0.2) is 0 Å². The van der Waals surface area contributed by atoms with E-state index in [-0.39, 0.29) is 11.7 Å². The SMILES string of the molecule is CCOc1ccccc1-c1nnc(SCC(=O)N2CCN(S(C)(=O)=O)CC2)o1. The van der Waals surface area contributed by atoms with Gasteiger partial charge in [-0.05, 0) is 19.1 Å². The van der Waals surface area contributed by atoms with E-state index >= 15 is 0 Å². The Bertz CT molecular complexity index is 923. The van der Waals surface area contributed by atoms with Crippen LogP contribution in [0.25, 0.3) is 11.5 Å². The van der Waals surface area contributed by atoms with Gasteiger partial charge in [0.1, 0.15) is 5.75 Å². The number of thioether (sulfide) groups is 1. The van der Waals surface area contributed by atoms with Crippen LogP contribution in [-0.2, 0) is 14.8 Å². The number of para-hydroxylation sites is 1. The third kappa shape index (κ3) is 5.03. The highest BCUT2D eigenvalue weighted by atomic mass is 32.2. The van der Waals surface area contributed by atoms with E-state index in [0.29, 0.717) is 55.2 Å². The van der Waals surface area contributed by atoms with E-state index in [4.69, 9.17) is 9.15 Å². The van der Waals surface area contributed by atoms with E-state index in [1.807, 2.05) is 31.2 Å². The van der Waals surface area contributed by atoms with Gasteiger partial charge in [-0.2, -0.15) is 4.31 Å². The van der Waals surface area contributed by atoms with Crippen LogP contribution in [-0.4, -0.2) is 78.5 Å². The van der Waals surface area contributed by atoms with Crippen molar-refractivity contribution in [3.05, 3.63) is 24.3 Å². The Morgan fingerprint density at radius 2 is 1.93 bits per heavy atom. The van der Waals surface area contributed by atoms with Crippen LogP contribution < -0.4 is 4.74 Å².